The third-order valence-corrected chi connectivity index (χ3v) is 4.38. The lowest BCUT2D eigenvalue weighted by atomic mass is 9.95. The Morgan fingerprint density at radius 3 is 2.17 bits per heavy atom. The van der Waals surface area contributed by atoms with Gasteiger partial charge < -0.3 is 15.1 Å². The maximum atomic E-state index is 13.3. The maximum Gasteiger partial charge on any atom is 0.323 e. The van der Waals surface area contributed by atoms with E-state index in [-0.39, 0.29) is 16.8 Å². The first-order chi connectivity index (χ1) is 13.7. The summed E-state index contributed by atoms with van der Waals surface area (Å²) in [4.78, 5) is 47.0. The number of hydrogen-bond acceptors (Lipinski definition) is 6. The van der Waals surface area contributed by atoms with Crippen LogP contribution in [0, 0.1) is 15.9 Å². The number of amides is 1. The smallest absolute Gasteiger partial charge is 0.323 e. The number of hydrogen-bond donors (Lipinski definition) is 2. The van der Waals surface area contributed by atoms with Gasteiger partial charge in [-0.25, -0.2) is 4.39 Å². The second-order valence-electron chi connectivity index (χ2n) is 6.18. The molecule has 2 aromatic carbocycles. The Kier molecular flexibility index (Phi) is 5.09. The van der Waals surface area contributed by atoms with Crippen molar-refractivity contribution in [3.63, 3.8) is 0 Å². The minimum absolute atomic E-state index is 0.0241. The Labute approximate surface area is 162 Å². The number of halogens is 1. The predicted molar refractivity (Wildman–Crippen MR) is 96.1 cm³/mol. The summed E-state index contributed by atoms with van der Waals surface area (Å²) < 4.78 is 13.3. The van der Waals surface area contributed by atoms with Crippen molar-refractivity contribution >= 4 is 29.1 Å². The van der Waals surface area contributed by atoms with E-state index in [1.165, 1.54) is 24.3 Å². The summed E-state index contributed by atoms with van der Waals surface area (Å²) in [6, 6.07) is 8.02. The van der Waals surface area contributed by atoms with E-state index < -0.39 is 52.3 Å². The molecule has 0 bridgehead atoms. The third-order valence-electron chi connectivity index (χ3n) is 4.38. The summed E-state index contributed by atoms with van der Waals surface area (Å²) in [5, 5.41) is 30.6. The van der Waals surface area contributed by atoms with Crippen LogP contribution in [0.15, 0.2) is 54.1 Å². The Balaban J connectivity index is 2.16. The van der Waals surface area contributed by atoms with Crippen LogP contribution in [-0.4, -0.2) is 44.2 Å². The van der Waals surface area contributed by atoms with Gasteiger partial charge in [0.15, 0.2) is 0 Å². The van der Waals surface area contributed by atoms with E-state index >= 15 is 0 Å². The topological polar surface area (TPSA) is 138 Å². The zero-order chi connectivity index (χ0) is 21.3. The molecular formula is C19H13FN2O7. The van der Waals surface area contributed by atoms with Gasteiger partial charge in [0.25, 0.3) is 17.4 Å². The van der Waals surface area contributed by atoms with Crippen molar-refractivity contribution in [2.75, 3.05) is 6.54 Å². The molecular weight excluding hydrogens is 387 g/mol. The highest BCUT2D eigenvalue weighted by Crippen LogP contribution is 2.39. The number of aliphatic carboxylic acids is 1. The first kappa shape index (κ1) is 19.7. The number of nitro groups is 1. The van der Waals surface area contributed by atoms with Crippen LogP contribution in [0.1, 0.15) is 17.2 Å². The number of ketones is 1. The van der Waals surface area contributed by atoms with E-state index in [2.05, 4.69) is 0 Å². The molecule has 0 saturated carbocycles. The molecule has 0 aliphatic carbocycles. The molecule has 9 nitrogen and oxygen atoms in total. The van der Waals surface area contributed by atoms with Gasteiger partial charge in [-0.1, -0.05) is 12.1 Å². The molecule has 2 aromatic rings. The molecule has 0 unspecified atom stereocenters. The molecule has 148 valence electrons. The van der Waals surface area contributed by atoms with Crippen molar-refractivity contribution in [3.8, 4) is 0 Å². The fourth-order valence-corrected chi connectivity index (χ4v) is 3.08. The van der Waals surface area contributed by atoms with Gasteiger partial charge in [0, 0.05) is 17.7 Å². The zero-order valence-corrected chi connectivity index (χ0v) is 14.6. The van der Waals surface area contributed by atoms with Crippen molar-refractivity contribution < 1.29 is 33.9 Å². The average molecular weight is 400 g/mol. The minimum atomic E-state index is -1.38. The van der Waals surface area contributed by atoms with Crippen LogP contribution in [0.5, 0.6) is 0 Å². The number of carboxylic acids is 1. The molecule has 1 heterocycles. The lowest BCUT2D eigenvalue weighted by Crippen LogP contribution is -2.34. The van der Waals surface area contributed by atoms with Crippen molar-refractivity contribution in [1.82, 2.24) is 4.90 Å². The number of rotatable bonds is 5. The molecule has 1 fully saturated rings. The lowest BCUT2D eigenvalue weighted by Gasteiger charge is -2.23. The number of likely N-dealkylation sites (tertiary alicyclic amines) is 1. The number of carbonyl (C=O) groups excluding carboxylic acids is 2. The van der Waals surface area contributed by atoms with E-state index in [1.54, 1.807) is 0 Å². The second kappa shape index (κ2) is 7.50. The van der Waals surface area contributed by atoms with Gasteiger partial charge in [-0.2, -0.15) is 0 Å². The van der Waals surface area contributed by atoms with Gasteiger partial charge in [-0.15, -0.1) is 0 Å². The monoisotopic (exact) mass is 400 g/mol. The summed E-state index contributed by atoms with van der Waals surface area (Å²) in [6.07, 6.45) is 0. The number of Topliss-reactive ketones (excluding diaryl/α,β-unsaturated/α-hetero) is 1. The summed E-state index contributed by atoms with van der Waals surface area (Å²) in [7, 11) is 0. The molecule has 10 heteroatoms. The standard InChI is InChI=1S/C19H13FN2O7/c20-12-5-1-10(2-6-12)16-15(18(26)19(27)21(16)9-14(23)24)17(25)11-3-7-13(8-4-11)22(28)29/h1-8,16,25H,9H2,(H,23,24)/b17-15+/t16-/m1/s1. The fraction of sp³-hybridized carbons (Fsp3) is 0.105. The van der Waals surface area contributed by atoms with E-state index in [1.807, 2.05) is 0 Å². The number of non-ortho nitro benzene ring substituents is 1. The summed E-state index contributed by atoms with van der Waals surface area (Å²) >= 11 is 0. The van der Waals surface area contributed by atoms with Crippen LogP contribution in [0.25, 0.3) is 5.76 Å². The highest BCUT2D eigenvalue weighted by Gasteiger charge is 2.46. The molecule has 1 saturated heterocycles. The van der Waals surface area contributed by atoms with Crippen LogP contribution in [0.2, 0.25) is 0 Å². The van der Waals surface area contributed by atoms with Gasteiger partial charge in [-0.05, 0) is 29.8 Å². The number of carbonyl (C=O) groups is 3. The van der Waals surface area contributed by atoms with E-state index in [0.717, 1.165) is 29.2 Å². The molecule has 3 rings (SSSR count). The van der Waals surface area contributed by atoms with Gasteiger partial charge in [-0.3, -0.25) is 24.5 Å². The molecule has 0 radical (unpaired) electrons. The van der Waals surface area contributed by atoms with Crippen molar-refractivity contribution in [2.45, 2.75) is 6.04 Å². The van der Waals surface area contributed by atoms with Gasteiger partial charge in [0.05, 0.1) is 16.5 Å². The molecule has 1 aliphatic rings. The number of benzene rings is 2. The van der Waals surface area contributed by atoms with Gasteiger partial charge in [0.1, 0.15) is 18.1 Å². The number of carboxylic acid groups (broad SMARTS) is 1. The van der Waals surface area contributed by atoms with E-state index in [4.69, 9.17) is 5.11 Å². The molecule has 0 spiro atoms. The number of aliphatic hydroxyl groups is 1. The molecule has 29 heavy (non-hydrogen) atoms. The molecule has 2 N–H and O–H groups in total. The Hall–Kier alpha value is -4.08. The first-order valence-corrected chi connectivity index (χ1v) is 8.21. The van der Waals surface area contributed by atoms with Crippen molar-refractivity contribution in [3.05, 3.63) is 81.2 Å². The fourth-order valence-electron chi connectivity index (χ4n) is 3.08. The van der Waals surface area contributed by atoms with Crippen LogP contribution in [0.4, 0.5) is 10.1 Å². The number of nitro benzene ring substituents is 1. The van der Waals surface area contributed by atoms with Crippen molar-refractivity contribution in [1.29, 1.82) is 0 Å². The Bertz CT molecular complexity index is 1050. The van der Waals surface area contributed by atoms with Gasteiger partial charge >= 0.3 is 5.97 Å². The highest BCUT2D eigenvalue weighted by atomic mass is 19.1. The SMILES string of the molecule is O=C(O)CN1C(=O)C(=O)/C(=C(/O)c2ccc([N+](=O)[O-])cc2)[C@H]1c1ccc(F)cc1. The van der Waals surface area contributed by atoms with Crippen LogP contribution in [-0.2, 0) is 14.4 Å². The second-order valence-corrected chi connectivity index (χ2v) is 6.18. The average Bonchev–Trinajstić information content (AvgIpc) is 2.92. The van der Waals surface area contributed by atoms with Crippen LogP contribution < -0.4 is 0 Å². The Morgan fingerprint density at radius 1 is 1.07 bits per heavy atom. The highest BCUT2D eigenvalue weighted by molar-refractivity contribution is 6.46. The largest absolute Gasteiger partial charge is 0.507 e. The number of nitrogens with zero attached hydrogens (tertiary/aromatic N) is 2. The predicted octanol–water partition coefficient (Wildman–Crippen LogP) is 2.24. The summed E-state index contributed by atoms with van der Waals surface area (Å²) in [5.41, 5.74) is -0.397. The molecule has 1 amide bonds. The normalized spacial score (nSPS) is 18.1. The molecule has 0 aromatic heterocycles. The summed E-state index contributed by atoms with van der Waals surface area (Å²) in [5.74, 6) is -4.84. The van der Waals surface area contributed by atoms with E-state index in [0.29, 0.717) is 0 Å². The summed E-state index contributed by atoms with van der Waals surface area (Å²) in [6.45, 7) is -0.816. The Morgan fingerprint density at radius 2 is 1.66 bits per heavy atom. The van der Waals surface area contributed by atoms with Gasteiger partial charge in [0.2, 0.25) is 0 Å². The minimum Gasteiger partial charge on any atom is -0.507 e. The van der Waals surface area contributed by atoms with Crippen LogP contribution in [0.3, 0.4) is 0 Å². The quantitative estimate of drug-likeness (QED) is 0.258. The maximum absolute atomic E-state index is 13.3. The number of aliphatic hydroxyl groups excluding tert-OH is 1. The zero-order valence-electron chi connectivity index (χ0n) is 14.6. The third kappa shape index (κ3) is 3.68. The molecule has 1 atom stereocenters. The van der Waals surface area contributed by atoms with Crippen LogP contribution >= 0.6 is 0 Å². The first-order valence-electron chi connectivity index (χ1n) is 8.21. The lowest BCUT2D eigenvalue weighted by molar-refractivity contribution is -0.384. The van der Waals surface area contributed by atoms with E-state index in [9.17, 15) is 34.0 Å². The molecule has 1 aliphatic heterocycles. The van der Waals surface area contributed by atoms with Crippen molar-refractivity contribution in [2.24, 2.45) is 0 Å².